The van der Waals surface area contributed by atoms with Crippen LogP contribution in [0.5, 0.6) is 0 Å². The predicted octanol–water partition coefficient (Wildman–Crippen LogP) is 2.67. The van der Waals surface area contributed by atoms with Crippen LogP contribution in [0.25, 0.3) is 0 Å². The third kappa shape index (κ3) is 5.19. The van der Waals surface area contributed by atoms with E-state index in [1.807, 2.05) is 20.8 Å². The van der Waals surface area contributed by atoms with Gasteiger partial charge in [-0.3, -0.25) is 0 Å². The summed E-state index contributed by atoms with van der Waals surface area (Å²) >= 11 is 0. The van der Waals surface area contributed by atoms with Gasteiger partial charge in [-0.2, -0.15) is 0 Å². The van der Waals surface area contributed by atoms with Crippen LogP contribution in [0.15, 0.2) is 10.6 Å². The van der Waals surface area contributed by atoms with Gasteiger partial charge in [0.15, 0.2) is 5.89 Å². The fourth-order valence-corrected chi connectivity index (χ4v) is 1.65. The van der Waals surface area contributed by atoms with E-state index >= 15 is 0 Å². The van der Waals surface area contributed by atoms with Crippen molar-refractivity contribution in [3.8, 4) is 0 Å². The van der Waals surface area contributed by atoms with E-state index in [4.69, 9.17) is 9.15 Å². The minimum atomic E-state index is -0.138. The number of rotatable bonds is 7. The third-order valence-corrected chi connectivity index (χ3v) is 2.83. The normalized spacial score (nSPS) is 16.2. The van der Waals surface area contributed by atoms with Crippen molar-refractivity contribution in [2.24, 2.45) is 0 Å². The summed E-state index contributed by atoms with van der Waals surface area (Å²) in [4.78, 5) is 4.27. The van der Waals surface area contributed by atoms with Gasteiger partial charge in [0.25, 0.3) is 0 Å². The molecule has 0 spiro atoms. The molecule has 0 aliphatic heterocycles. The summed E-state index contributed by atoms with van der Waals surface area (Å²) < 4.78 is 11.3. The summed E-state index contributed by atoms with van der Waals surface area (Å²) in [5, 5.41) is 3.48. The Labute approximate surface area is 109 Å². The van der Waals surface area contributed by atoms with E-state index in [9.17, 15) is 0 Å². The fraction of sp³-hybridized carbons (Fsp3) is 0.786. The second kappa shape index (κ2) is 5.85. The Bertz CT molecular complexity index is 364. The van der Waals surface area contributed by atoms with Crippen LogP contribution in [0.1, 0.15) is 51.7 Å². The molecule has 0 amide bonds. The van der Waals surface area contributed by atoms with Crippen LogP contribution in [0.2, 0.25) is 0 Å². The first kappa shape index (κ1) is 13.6. The molecular formula is C14H24N2O2. The lowest BCUT2D eigenvalue weighted by molar-refractivity contribution is -0.0227. The molecule has 0 saturated heterocycles. The lowest BCUT2D eigenvalue weighted by Gasteiger charge is -2.18. The first-order valence-electron chi connectivity index (χ1n) is 6.84. The van der Waals surface area contributed by atoms with Gasteiger partial charge in [0.2, 0.25) is 0 Å². The number of aryl methyl sites for hydroxylation is 1. The number of nitrogens with zero attached hydrogens (tertiary/aromatic N) is 1. The molecule has 1 heterocycles. The largest absolute Gasteiger partial charge is 0.443 e. The maximum absolute atomic E-state index is 5.65. The first-order valence-corrected chi connectivity index (χ1v) is 6.84. The molecule has 1 saturated carbocycles. The average Bonchev–Trinajstić information content (AvgIpc) is 3.00. The molecule has 0 bridgehead atoms. The van der Waals surface area contributed by atoms with Crippen molar-refractivity contribution in [3.63, 3.8) is 0 Å². The smallest absolute Gasteiger partial charge is 0.194 e. The summed E-state index contributed by atoms with van der Waals surface area (Å²) in [6, 6.07) is 0.783. The number of nitrogens with one attached hydrogen (secondary N) is 1. The quantitative estimate of drug-likeness (QED) is 0.758. The Kier molecular flexibility index (Phi) is 4.40. The molecule has 4 heteroatoms. The van der Waals surface area contributed by atoms with Crippen LogP contribution < -0.4 is 5.32 Å². The number of hydrogen-bond donors (Lipinski definition) is 1. The molecular weight excluding hydrogens is 228 g/mol. The van der Waals surface area contributed by atoms with Crippen LogP contribution in [0, 0.1) is 0 Å². The SMILES string of the molecule is CC(C)(C)OCc1cnc(CCCNC2CC2)o1. The number of ether oxygens (including phenoxy) is 1. The summed E-state index contributed by atoms with van der Waals surface area (Å²) in [6.45, 7) is 7.66. The molecule has 102 valence electrons. The van der Waals surface area contributed by atoms with E-state index in [-0.39, 0.29) is 5.60 Å². The van der Waals surface area contributed by atoms with Crippen molar-refractivity contribution >= 4 is 0 Å². The average molecular weight is 252 g/mol. The number of hydrogen-bond acceptors (Lipinski definition) is 4. The first-order chi connectivity index (χ1) is 8.53. The number of oxazole rings is 1. The Morgan fingerprint density at radius 3 is 2.89 bits per heavy atom. The van der Waals surface area contributed by atoms with Gasteiger partial charge in [0.1, 0.15) is 12.4 Å². The van der Waals surface area contributed by atoms with Crippen molar-refractivity contribution in [2.75, 3.05) is 6.54 Å². The Morgan fingerprint density at radius 2 is 2.22 bits per heavy atom. The Balaban J connectivity index is 1.65. The van der Waals surface area contributed by atoms with Gasteiger partial charge in [-0.25, -0.2) is 4.98 Å². The van der Waals surface area contributed by atoms with Gasteiger partial charge < -0.3 is 14.5 Å². The molecule has 1 N–H and O–H groups in total. The molecule has 1 fully saturated rings. The van der Waals surface area contributed by atoms with Crippen molar-refractivity contribution in [3.05, 3.63) is 17.8 Å². The van der Waals surface area contributed by atoms with Gasteiger partial charge in [-0.05, 0) is 46.6 Å². The number of aromatic nitrogens is 1. The van der Waals surface area contributed by atoms with Crippen molar-refractivity contribution in [1.29, 1.82) is 0 Å². The minimum absolute atomic E-state index is 0.138. The van der Waals surface area contributed by atoms with Gasteiger partial charge in [0.05, 0.1) is 11.8 Å². The summed E-state index contributed by atoms with van der Waals surface area (Å²) in [5.41, 5.74) is -0.138. The maximum atomic E-state index is 5.65. The van der Waals surface area contributed by atoms with Gasteiger partial charge in [-0.1, -0.05) is 0 Å². The van der Waals surface area contributed by atoms with Crippen LogP contribution >= 0.6 is 0 Å². The van der Waals surface area contributed by atoms with Crippen molar-refractivity contribution < 1.29 is 9.15 Å². The zero-order chi connectivity index (χ0) is 13.0. The predicted molar refractivity (Wildman–Crippen MR) is 70.4 cm³/mol. The zero-order valence-electron chi connectivity index (χ0n) is 11.7. The second-order valence-electron chi connectivity index (χ2n) is 5.95. The molecule has 1 aromatic heterocycles. The van der Waals surface area contributed by atoms with Crippen LogP contribution in [0.3, 0.4) is 0 Å². The minimum Gasteiger partial charge on any atom is -0.443 e. The third-order valence-electron chi connectivity index (χ3n) is 2.83. The van der Waals surface area contributed by atoms with E-state index in [1.54, 1.807) is 6.20 Å². The topological polar surface area (TPSA) is 47.3 Å². The zero-order valence-corrected chi connectivity index (χ0v) is 11.7. The second-order valence-corrected chi connectivity index (χ2v) is 5.95. The van der Waals surface area contributed by atoms with Crippen molar-refractivity contribution in [1.82, 2.24) is 10.3 Å². The van der Waals surface area contributed by atoms with Crippen LogP contribution in [-0.2, 0) is 17.8 Å². The lowest BCUT2D eigenvalue weighted by Crippen LogP contribution is -2.18. The standard InChI is InChI=1S/C14H24N2O2/c1-14(2,3)17-10-12-9-16-13(18-12)5-4-8-15-11-6-7-11/h9,11,15H,4-8,10H2,1-3H3. The molecule has 1 aromatic rings. The lowest BCUT2D eigenvalue weighted by atomic mass is 10.2. The highest BCUT2D eigenvalue weighted by Crippen LogP contribution is 2.18. The molecule has 4 nitrogen and oxygen atoms in total. The monoisotopic (exact) mass is 252 g/mol. The van der Waals surface area contributed by atoms with Crippen LogP contribution in [0.4, 0.5) is 0 Å². The highest BCUT2D eigenvalue weighted by atomic mass is 16.5. The molecule has 2 rings (SSSR count). The Hall–Kier alpha value is -0.870. The molecule has 0 unspecified atom stereocenters. The van der Waals surface area contributed by atoms with E-state index in [1.165, 1.54) is 12.8 Å². The molecule has 0 atom stereocenters. The molecule has 0 radical (unpaired) electrons. The van der Waals surface area contributed by atoms with Crippen LogP contribution in [-0.4, -0.2) is 23.2 Å². The molecule has 1 aliphatic carbocycles. The van der Waals surface area contributed by atoms with Gasteiger partial charge >= 0.3 is 0 Å². The van der Waals surface area contributed by atoms with E-state index in [2.05, 4.69) is 10.3 Å². The molecule has 1 aliphatic rings. The van der Waals surface area contributed by atoms with E-state index in [0.29, 0.717) is 6.61 Å². The van der Waals surface area contributed by atoms with E-state index < -0.39 is 0 Å². The Morgan fingerprint density at radius 1 is 1.44 bits per heavy atom. The summed E-state index contributed by atoms with van der Waals surface area (Å²) in [7, 11) is 0. The summed E-state index contributed by atoms with van der Waals surface area (Å²) in [5.74, 6) is 1.63. The molecule has 0 aromatic carbocycles. The van der Waals surface area contributed by atoms with Gasteiger partial charge in [0, 0.05) is 12.5 Å². The highest BCUT2D eigenvalue weighted by Gasteiger charge is 2.19. The maximum Gasteiger partial charge on any atom is 0.194 e. The van der Waals surface area contributed by atoms with E-state index in [0.717, 1.165) is 37.1 Å². The van der Waals surface area contributed by atoms with Gasteiger partial charge in [-0.15, -0.1) is 0 Å². The highest BCUT2D eigenvalue weighted by molar-refractivity contribution is 4.93. The fourth-order valence-electron chi connectivity index (χ4n) is 1.65. The summed E-state index contributed by atoms with van der Waals surface area (Å²) in [6.07, 6.45) is 6.43. The molecule has 18 heavy (non-hydrogen) atoms. The van der Waals surface area contributed by atoms with Crippen molar-refractivity contribution in [2.45, 2.75) is 64.7 Å².